The van der Waals surface area contributed by atoms with Crippen LogP contribution >= 0.6 is 0 Å². The summed E-state index contributed by atoms with van der Waals surface area (Å²) in [5.41, 5.74) is 1.79. The Hall–Kier alpha value is -3.81. The van der Waals surface area contributed by atoms with Crippen LogP contribution in [0.1, 0.15) is 11.1 Å². The van der Waals surface area contributed by atoms with E-state index in [0.29, 0.717) is 24.3 Å². The summed E-state index contributed by atoms with van der Waals surface area (Å²) in [6.07, 6.45) is 0. The molecule has 29 heavy (non-hydrogen) atoms. The highest BCUT2D eigenvalue weighted by molar-refractivity contribution is 5.73. The lowest BCUT2D eigenvalue weighted by atomic mass is 10.2. The zero-order valence-corrected chi connectivity index (χ0v) is 16.2. The number of rotatable bonds is 5. The molecule has 0 fully saturated rings. The van der Waals surface area contributed by atoms with Gasteiger partial charge in [-0.15, -0.1) is 5.11 Å². The quantitative estimate of drug-likeness (QED) is 0.493. The molecule has 0 spiro atoms. The number of imidazole rings is 1. The number of fused-ring (bicyclic) bond motifs is 1. The number of hydrogen-bond donors (Lipinski definition) is 0. The van der Waals surface area contributed by atoms with Crippen molar-refractivity contribution < 1.29 is 0 Å². The molecule has 0 amide bonds. The maximum absolute atomic E-state index is 12.8. The average Bonchev–Trinajstić information content (AvgIpc) is 3.10. The minimum absolute atomic E-state index is 0.290. The molecule has 0 radical (unpaired) electrons. The molecule has 0 unspecified atom stereocenters. The molecule has 4 rings (SSSR count). The normalized spacial score (nSPS) is 11.5. The van der Waals surface area contributed by atoms with Crippen molar-refractivity contribution in [1.29, 1.82) is 0 Å². The molecule has 2 aromatic carbocycles. The number of aromatic nitrogens is 4. The lowest BCUT2D eigenvalue weighted by Gasteiger charge is -2.07. The molecule has 4 aromatic rings. The number of nitrogens with zero attached hydrogens (tertiary/aromatic N) is 6. The van der Waals surface area contributed by atoms with Gasteiger partial charge in [0.1, 0.15) is 0 Å². The van der Waals surface area contributed by atoms with Crippen molar-refractivity contribution in [3.05, 3.63) is 92.6 Å². The lowest BCUT2D eigenvalue weighted by molar-refractivity contribution is 0.702. The van der Waals surface area contributed by atoms with Gasteiger partial charge in [0.25, 0.3) is 11.5 Å². The first-order valence-corrected chi connectivity index (χ1v) is 9.18. The highest BCUT2D eigenvalue weighted by Gasteiger charge is 2.19. The predicted octanol–water partition coefficient (Wildman–Crippen LogP) is 2.77. The van der Waals surface area contributed by atoms with Crippen molar-refractivity contribution in [3.63, 3.8) is 0 Å². The summed E-state index contributed by atoms with van der Waals surface area (Å²) in [5, 5.41) is 8.55. The maximum Gasteiger partial charge on any atom is 0.332 e. The molecule has 0 saturated heterocycles. The Labute approximate surface area is 166 Å². The molecular formula is C21H20N6O2. The molecule has 8 nitrogen and oxygen atoms in total. The molecule has 8 heteroatoms. The van der Waals surface area contributed by atoms with Crippen molar-refractivity contribution in [3.8, 4) is 0 Å². The summed E-state index contributed by atoms with van der Waals surface area (Å²) in [5.74, 6) is 0.290. The van der Waals surface area contributed by atoms with Crippen LogP contribution in [0.15, 0.2) is 80.5 Å². The summed E-state index contributed by atoms with van der Waals surface area (Å²) in [6, 6.07) is 19.5. The fourth-order valence-electron chi connectivity index (χ4n) is 3.19. The number of benzene rings is 2. The van der Waals surface area contributed by atoms with E-state index in [4.69, 9.17) is 0 Å². The molecular weight excluding hydrogens is 368 g/mol. The Morgan fingerprint density at radius 1 is 0.862 bits per heavy atom. The van der Waals surface area contributed by atoms with Crippen LogP contribution < -0.4 is 11.2 Å². The number of aryl methyl sites for hydroxylation is 1. The van der Waals surface area contributed by atoms with Crippen LogP contribution in [0.3, 0.4) is 0 Å². The zero-order chi connectivity index (χ0) is 20.4. The molecule has 146 valence electrons. The van der Waals surface area contributed by atoms with Gasteiger partial charge in [-0.2, -0.15) is 10.1 Å². The predicted molar refractivity (Wildman–Crippen MR) is 110 cm³/mol. The first-order valence-electron chi connectivity index (χ1n) is 9.18. The van der Waals surface area contributed by atoms with Gasteiger partial charge in [0, 0.05) is 14.1 Å². The molecule has 0 atom stereocenters. The van der Waals surface area contributed by atoms with E-state index in [1.54, 1.807) is 11.6 Å². The summed E-state index contributed by atoms with van der Waals surface area (Å²) < 4.78 is 4.14. The van der Waals surface area contributed by atoms with Crippen LogP contribution in [0.5, 0.6) is 0 Å². The third-order valence-corrected chi connectivity index (χ3v) is 4.77. The Balaban J connectivity index is 1.85. The van der Waals surface area contributed by atoms with E-state index < -0.39 is 11.2 Å². The second-order valence-corrected chi connectivity index (χ2v) is 6.75. The first-order chi connectivity index (χ1) is 14.1. The number of azo groups is 1. The third kappa shape index (κ3) is 3.52. The highest BCUT2D eigenvalue weighted by Crippen LogP contribution is 2.21. The van der Waals surface area contributed by atoms with E-state index in [2.05, 4.69) is 15.2 Å². The zero-order valence-electron chi connectivity index (χ0n) is 16.2. The minimum atomic E-state index is -0.431. The van der Waals surface area contributed by atoms with Gasteiger partial charge in [-0.1, -0.05) is 60.7 Å². The van der Waals surface area contributed by atoms with Crippen LogP contribution in [0.25, 0.3) is 11.2 Å². The molecule has 0 aliphatic rings. The monoisotopic (exact) mass is 388 g/mol. The van der Waals surface area contributed by atoms with E-state index in [9.17, 15) is 9.59 Å². The van der Waals surface area contributed by atoms with Gasteiger partial charge < -0.3 is 0 Å². The maximum atomic E-state index is 12.8. The van der Waals surface area contributed by atoms with Crippen molar-refractivity contribution in [2.75, 3.05) is 0 Å². The standard InChI is InChI=1S/C21H20N6O2/c1-25-18-17(19(28)26(2)21(25)29)27(14-16-11-7-4-8-12-16)20(23-18)24-22-13-15-9-5-3-6-10-15/h3-12H,13-14H2,1-2H3. The average molecular weight is 388 g/mol. The van der Waals surface area contributed by atoms with Gasteiger partial charge in [0.05, 0.1) is 13.1 Å². The van der Waals surface area contributed by atoms with Crippen molar-refractivity contribution in [2.45, 2.75) is 13.1 Å². The van der Waals surface area contributed by atoms with Crippen molar-refractivity contribution >= 4 is 17.1 Å². The summed E-state index contributed by atoms with van der Waals surface area (Å²) >= 11 is 0. The minimum Gasteiger partial charge on any atom is -0.297 e. The van der Waals surface area contributed by atoms with Crippen molar-refractivity contribution in [1.82, 2.24) is 18.7 Å². The van der Waals surface area contributed by atoms with Gasteiger partial charge in [-0.3, -0.25) is 18.5 Å². The molecule has 0 bridgehead atoms. The second-order valence-electron chi connectivity index (χ2n) is 6.75. The largest absolute Gasteiger partial charge is 0.332 e. The molecule has 2 heterocycles. The Bertz CT molecular complexity index is 1300. The van der Waals surface area contributed by atoms with E-state index in [-0.39, 0.29) is 5.95 Å². The first kappa shape index (κ1) is 18.5. The molecule has 0 aliphatic heterocycles. The third-order valence-electron chi connectivity index (χ3n) is 4.77. The van der Waals surface area contributed by atoms with Gasteiger partial charge in [0.2, 0.25) is 0 Å². The van der Waals surface area contributed by atoms with Crippen molar-refractivity contribution in [2.24, 2.45) is 24.3 Å². The molecule has 0 N–H and O–H groups in total. The van der Waals surface area contributed by atoms with Gasteiger partial charge in [-0.05, 0) is 11.1 Å². The van der Waals surface area contributed by atoms with Gasteiger partial charge in [0.15, 0.2) is 11.2 Å². The molecule has 2 aromatic heterocycles. The fraction of sp³-hybridized carbons (Fsp3) is 0.190. The highest BCUT2D eigenvalue weighted by atomic mass is 16.2. The summed E-state index contributed by atoms with van der Waals surface area (Å²) in [4.78, 5) is 29.6. The van der Waals surface area contributed by atoms with Crippen LogP contribution in [0.2, 0.25) is 0 Å². The summed E-state index contributed by atoms with van der Waals surface area (Å²) in [6.45, 7) is 0.788. The van der Waals surface area contributed by atoms with E-state index in [1.807, 2.05) is 60.7 Å². The fourth-order valence-corrected chi connectivity index (χ4v) is 3.19. The van der Waals surface area contributed by atoms with Crippen LogP contribution in [0, 0.1) is 0 Å². The SMILES string of the molecule is Cn1c(=O)c2c(nc(N=NCc3ccccc3)n2Cc2ccccc2)n(C)c1=O. The topological polar surface area (TPSA) is 86.5 Å². The second kappa shape index (κ2) is 7.67. The molecule has 0 aliphatic carbocycles. The van der Waals surface area contributed by atoms with E-state index >= 15 is 0 Å². The Morgan fingerprint density at radius 3 is 2.14 bits per heavy atom. The summed E-state index contributed by atoms with van der Waals surface area (Å²) in [7, 11) is 3.05. The molecule has 0 saturated carbocycles. The van der Waals surface area contributed by atoms with Crippen LogP contribution in [-0.2, 0) is 27.2 Å². The van der Waals surface area contributed by atoms with Crippen LogP contribution in [0.4, 0.5) is 5.95 Å². The van der Waals surface area contributed by atoms with Gasteiger partial charge >= 0.3 is 5.69 Å². The van der Waals surface area contributed by atoms with Gasteiger partial charge in [-0.25, -0.2) is 4.79 Å². The lowest BCUT2D eigenvalue weighted by Crippen LogP contribution is -2.37. The smallest absolute Gasteiger partial charge is 0.297 e. The van der Waals surface area contributed by atoms with E-state index in [0.717, 1.165) is 15.7 Å². The van der Waals surface area contributed by atoms with Crippen LogP contribution in [-0.4, -0.2) is 18.7 Å². The Kier molecular flexibility index (Phi) is 4.90. The van der Waals surface area contributed by atoms with E-state index in [1.165, 1.54) is 11.6 Å². The number of hydrogen-bond acceptors (Lipinski definition) is 5. The Morgan fingerprint density at radius 2 is 1.48 bits per heavy atom.